The molecule has 0 heterocycles. The average molecular weight is 273 g/mol. The Bertz CT molecular complexity index is 612. The van der Waals surface area contributed by atoms with E-state index >= 15 is 0 Å². The molecule has 0 aliphatic heterocycles. The number of rotatable bonds is 5. The monoisotopic (exact) mass is 273 g/mol. The van der Waals surface area contributed by atoms with Crippen molar-refractivity contribution in [1.29, 1.82) is 0 Å². The van der Waals surface area contributed by atoms with Crippen LogP contribution in [0.1, 0.15) is 5.56 Å². The van der Waals surface area contributed by atoms with E-state index in [1.54, 1.807) is 12.1 Å². The van der Waals surface area contributed by atoms with Crippen molar-refractivity contribution in [3.05, 3.63) is 58.1 Å². The highest BCUT2D eigenvalue weighted by Gasteiger charge is 2.14. The first-order chi connectivity index (χ1) is 9.60. The van der Waals surface area contributed by atoms with Gasteiger partial charge in [0.15, 0.2) is 5.75 Å². The summed E-state index contributed by atoms with van der Waals surface area (Å²) in [5.41, 5.74) is 8.10. The van der Waals surface area contributed by atoms with E-state index in [1.807, 2.05) is 24.3 Å². The fraction of sp³-hybridized carbons (Fsp3) is 0.143. The minimum Gasteiger partial charge on any atom is -0.490 e. The van der Waals surface area contributed by atoms with Crippen LogP contribution < -0.4 is 15.8 Å². The van der Waals surface area contributed by atoms with Crippen molar-refractivity contribution in [1.82, 2.24) is 0 Å². The normalized spacial score (nSPS) is 10.1. The Kier molecular flexibility index (Phi) is 4.05. The molecule has 2 aromatic carbocycles. The fourth-order valence-electron chi connectivity index (χ4n) is 1.78. The lowest BCUT2D eigenvalue weighted by atomic mass is 10.2. The van der Waals surface area contributed by atoms with Gasteiger partial charge in [-0.2, -0.15) is 0 Å². The highest BCUT2D eigenvalue weighted by Crippen LogP contribution is 2.29. The Morgan fingerprint density at radius 3 is 2.55 bits per heavy atom. The zero-order valence-corrected chi connectivity index (χ0v) is 11.0. The summed E-state index contributed by atoms with van der Waals surface area (Å²) in [5.74, 6) is 0.234. The van der Waals surface area contributed by atoms with Gasteiger partial charge in [0.25, 0.3) is 0 Å². The number of hydrogen-bond donors (Lipinski definition) is 2. The molecular formula is C14H15N3O3. The molecule has 0 aliphatic rings. The third kappa shape index (κ3) is 3.17. The van der Waals surface area contributed by atoms with Crippen molar-refractivity contribution < 1.29 is 9.66 Å². The zero-order chi connectivity index (χ0) is 14.5. The molecule has 0 spiro atoms. The van der Waals surface area contributed by atoms with Gasteiger partial charge in [-0.25, -0.2) is 0 Å². The van der Waals surface area contributed by atoms with Crippen LogP contribution in [0, 0.1) is 10.1 Å². The van der Waals surface area contributed by atoms with Gasteiger partial charge in [0.1, 0.15) is 0 Å². The van der Waals surface area contributed by atoms with Crippen molar-refractivity contribution in [3.8, 4) is 5.75 Å². The van der Waals surface area contributed by atoms with E-state index in [0.717, 1.165) is 11.3 Å². The van der Waals surface area contributed by atoms with Crippen LogP contribution in [0.3, 0.4) is 0 Å². The SMILES string of the molecule is COc1cc(NCc2ccc(N)cc2)ccc1[N+](=O)[O-]. The molecule has 2 rings (SSSR count). The molecule has 0 atom stereocenters. The van der Waals surface area contributed by atoms with Crippen LogP contribution >= 0.6 is 0 Å². The Hall–Kier alpha value is -2.76. The molecule has 6 nitrogen and oxygen atoms in total. The predicted octanol–water partition coefficient (Wildman–Crippen LogP) is 2.80. The van der Waals surface area contributed by atoms with E-state index in [4.69, 9.17) is 10.5 Å². The number of benzene rings is 2. The van der Waals surface area contributed by atoms with Gasteiger partial charge in [0.05, 0.1) is 12.0 Å². The highest BCUT2D eigenvalue weighted by molar-refractivity contribution is 5.58. The lowest BCUT2D eigenvalue weighted by Gasteiger charge is -2.09. The van der Waals surface area contributed by atoms with Crippen LogP contribution in [0.25, 0.3) is 0 Å². The summed E-state index contributed by atoms with van der Waals surface area (Å²) in [7, 11) is 1.41. The summed E-state index contributed by atoms with van der Waals surface area (Å²) in [6.07, 6.45) is 0. The summed E-state index contributed by atoms with van der Waals surface area (Å²) in [4.78, 5) is 10.3. The third-order valence-electron chi connectivity index (χ3n) is 2.85. The summed E-state index contributed by atoms with van der Waals surface area (Å²) in [6.45, 7) is 0.598. The number of nitrogen functional groups attached to an aromatic ring is 1. The van der Waals surface area contributed by atoms with Crippen molar-refractivity contribution >= 4 is 17.1 Å². The Morgan fingerprint density at radius 1 is 1.25 bits per heavy atom. The largest absolute Gasteiger partial charge is 0.490 e. The summed E-state index contributed by atoms with van der Waals surface area (Å²) >= 11 is 0. The highest BCUT2D eigenvalue weighted by atomic mass is 16.6. The number of nitro benzene ring substituents is 1. The smallest absolute Gasteiger partial charge is 0.311 e. The first-order valence-electron chi connectivity index (χ1n) is 6.01. The number of ether oxygens (including phenoxy) is 1. The molecule has 0 aliphatic carbocycles. The van der Waals surface area contributed by atoms with Gasteiger partial charge in [-0.05, 0) is 23.8 Å². The number of nitro groups is 1. The predicted molar refractivity (Wildman–Crippen MR) is 77.8 cm³/mol. The maximum Gasteiger partial charge on any atom is 0.311 e. The fourth-order valence-corrected chi connectivity index (χ4v) is 1.78. The van der Waals surface area contributed by atoms with Gasteiger partial charge in [-0.1, -0.05) is 12.1 Å². The van der Waals surface area contributed by atoms with Crippen molar-refractivity contribution in [3.63, 3.8) is 0 Å². The second-order valence-electron chi connectivity index (χ2n) is 4.24. The second kappa shape index (κ2) is 5.92. The Morgan fingerprint density at radius 2 is 1.95 bits per heavy atom. The van der Waals surface area contributed by atoms with Crippen LogP contribution in [0.4, 0.5) is 17.1 Å². The molecular weight excluding hydrogens is 258 g/mol. The lowest BCUT2D eigenvalue weighted by molar-refractivity contribution is -0.385. The van der Waals surface area contributed by atoms with Gasteiger partial charge in [-0.15, -0.1) is 0 Å². The molecule has 0 saturated carbocycles. The van der Waals surface area contributed by atoms with E-state index in [-0.39, 0.29) is 11.4 Å². The first kappa shape index (κ1) is 13.7. The van der Waals surface area contributed by atoms with E-state index in [2.05, 4.69) is 5.32 Å². The van der Waals surface area contributed by atoms with Crippen molar-refractivity contribution in [2.24, 2.45) is 0 Å². The molecule has 0 saturated heterocycles. The Labute approximate surface area is 116 Å². The number of anilines is 2. The van der Waals surface area contributed by atoms with Gasteiger partial charge < -0.3 is 15.8 Å². The molecule has 0 bridgehead atoms. The second-order valence-corrected chi connectivity index (χ2v) is 4.24. The van der Waals surface area contributed by atoms with Crippen LogP contribution in [-0.4, -0.2) is 12.0 Å². The average Bonchev–Trinajstić information content (AvgIpc) is 2.46. The van der Waals surface area contributed by atoms with Gasteiger partial charge in [-0.3, -0.25) is 10.1 Å². The molecule has 0 unspecified atom stereocenters. The number of hydrogen-bond acceptors (Lipinski definition) is 5. The van der Waals surface area contributed by atoms with Crippen LogP contribution in [0.5, 0.6) is 5.75 Å². The van der Waals surface area contributed by atoms with E-state index in [9.17, 15) is 10.1 Å². The summed E-state index contributed by atoms with van der Waals surface area (Å²) in [6, 6.07) is 12.2. The number of methoxy groups -OCH3 is 1. The minimum absolute atomic E-state index is 0.0504. The molecule has 3 N–H and O–H groups in total. The molecule has 2 aromatic rings. The zero-order valence-electron chi connectivity index (χ0n) is 11.0. The van der Waals surface area contributed by atoms with E-state index < -0.39 is 4.92 Å². The molecule has 0 fully saturated rings. The molecule has 0 radical (unpaired) electrons. The minimum atomic E-state index is -0.470. The topological polar surface area (TPSA) is 90.4 Å². The van der Waals surface area contributed by atoms with E-state index in [0.29, 0.717) is 12.2 Å². The molecule has 0 aromatic heterocycles. The van der Waals surface area contributed by atoms with Gasteiger partial charge >= 0.3 is 5.69 Å². The van der Waals surface area contributed by atoms with Crippen LogP contribution in [0.15, 0.2) is 42.5 Å². The first-order valence-corrected chi connectivity index (χ1v) is 6.01. The quantitative estimate of drug-likeness (QED) is 0.496. The summed E-state index contributed by atoms with van der Waals surface area (Å²) in [5, 5.41) is 14.0. The Balaban J connectivity index is 2.10. The molecule has 20 heavy (non-hydrogen) atoms. The lowest BCUT2D eigenvalue weighted by Crippen LogP contribution is -2.01. The third-order valence-corrected chi connectivity index (χ3v) is 2.85. The summed E-state index contributed by atoms with van der Waals surface area (Å²) < 4.78 is 5.02. The number of nitrogens with one attached hydrogen (secondary N) is 1. The molecule has 104 valence electrons. The van der Waals surface area contributed by atoms with Gasteiger partial charge in [0, 0.05) is 30.1 Å². The molecule has 0 amide bonds. The maximum absolute atomic E-state index is 10.8. The van der Waals surface area contributed by atoms with E-state index in [1.165, 1.54) is 13.2 Å². The molecule has 6 heteroatoms. The van der Waals surface area contributed by atoms with Crippen LogP contribution in [0.2, 0.25) is 0 Å². The van der Waals surface area contributed by atoms with Crippen LogP contribution in [-0.2, 0) is 6.54 Å². The van der Waals surface area contributed by atoms with Gasteiger partial charge in [0.2, 0.25) is 0 Å². The number of nitrogens with zero attached hydrogens (tertiary/aromatic N) is 1. The van der Waals surface area contributed by atoms with Crippen molar-refractivity contribution in [2.45, 2.75) is 6.54 Å². The standard InChI is InChI=1S/C14H15N3O3/c1-20-14-8-12(6-7-13(14)17(18)19)16-9-10-2-4-11(15)5-3-10/h2-8,16H,9,15H2,1H3. The number of nitrogens with two attached hydrogens (primary N) is 1. The maximum atomic E-state index is 10.8. The van der Waals surface area contributed by atoms with Crippen molar-refractivity contribution in [2.75, 3.05) is 18.2 Å².